The zero-order valence-corrected chi connectivity index (χ0v) is 12.7. The van der Waals surface area contributed by atoms with E-state index in [9.17, 15) is 0 Å². The van der Waals surface area contributed by atoms with Gasteiger partial charge in [0.1, 0.15) is 5.82 Å². The molecule has 110 valence electrons. The van der Waals surface area contributed by atoms with E-state index in [1.165, 1.54) is 0 Å². The Morgan fingerprint density at radius 3 is 2.81 bits per heavy atom. The van der Waals surface area contributed by atoms with E-state index in [1.54, 1.807) is 0 Å². The van der Waals surface area contributed by atoms with Gasteiger partial charge in [0.15, 0.2) is 0 Å². The van der Waals surface area contributed by atoms with Crippen LogP contribution in [-0.4, -0.2) is 19.3 Å². The number of benzene rings is 1. The number of nitrogens with zero attached hydrogens (tertiary/aromatic N) is 4. The third-order valence-corrected chi connectivity index (χ3v) is 3.52. The molecule has 2 heterocycles. The number of aromatic nitrogens is 4. The highest BCUT2D eigenvalue weighted by molar-refractivity contribution is 5.75. The van der Waals surface area contributed by atoms with Crippen molar-refractivity contribution >= 4 is 16.7 Å². The van der Waals surface area contributed by atoms with Crippen LogP contribution in [0.25, 0.3) is 11.0 Å². The monoisotopic (exact) mass is 283 g/mol. The van der Waals surface area contributed by atoms with Crippen LogP contribution in [-0.2, 0) is 20.1 Å². The number of imidazole rings is 1. The summed E-state index contributed by atoms with van der Waals surface area (Å²) in [7, 11) is 2.05. The molecule has 0 amide bonds. The highest BCUT2D eigenvalue weighted by atomic mass is 15.3. The van der Waals surface area contributed by atoms with Crippen molar-refractivity contribution in [3.8, 4) is 0 Å². The maximum Gasteiger partial charge on any atom is 0.128 e. The van der Waals surface area contributed by atoms with Crippen LogP contribution in [0, 0.1) is 5.92 Å². The quantitative estimate of drug-likeness (QED) is 0.783. The van der Waals surface area contributed by atoms with Crippen molar-refractivity contribution in [1.82, 2.24) is 19.3 Å². The first-order valence-electron chi connectivity index (χ1n) is 7.30. The molecule has 21 heavy (non-hydrogen) atoms. The van der Waals surface area contributed by atoms with Gasteiger partial charge in [-0.15, -0.1) is 0 Å². The first-order valence-corrected chi connectivity index (χ1v) is 7.30. The highest BCUT2D eigenvalue weighted by Gasteiger charge is 2.07. The Kier molecular flexibility index (Phi) is 3.64. The van der Waals surface area contributed by atoms with E-state index in [2.05, 4.69) is 46.9 Å². The minimum Gasteiger partial charge on any atom is -0.375 e. The normalized spacial score (nSPS) is 11.4. The predicted octanol–water partition coefficient (Wildman–Crippen LogP) is 3.04. The Morgan fingerprint density at radius 1 is 1.24 bits per heavy atom. The molecule has 5 heteroatoms. The van der Waals surface area contributed by atoms with Gasteiger partial charge in [-0.05, 0) is 18.1 Å². The minimum absolute atomic E-state index is 0.595. The topological polar surface area (TPSA) is 47.7 Å². The summed E-state index contributed by atoms with van der Waals surface area (Å²) >= 11 is 0. The van der Waals surface area contributed by atoms with Crippen molar-refractivity contribution in [2.45, 2.75) is 26.9 Å². The highest BCUT2D eigenvalue weighted by Crippen LogP contribution is 2.15. The zero-order valence-electron chi connectivity index (χ0n) is 12.7. The van der Waals surface area contributed by atoms with Crippen LogP contribution >= 0.6 is 0 Å². The third kappa shape index (κ3) is 2.91. The lowest BCUT2D eigenvalue weighted by Crippen LogP contribution is -2.06. The molecule has 0 saturated heterocycles. The molecule has 5 nitrogen and oxygen atoms in total. The molecule has 0 aliphatic carbocycles. The second-order valence-electron chi connectivity index (χ2n) is 5.77. The van der Waals surface area contributed by atoms with Crippen LogP contribution in [0.4, 0.5) is 5.69 Å². The summed E-state index contributed by atoms with van der Waals surface area (Å²) in [6.45, 7) is 6.01. The number of anilines is 1. The van der Waals surface area contributed by atoms with E-state index in [1.807, 2.05) is 35.3 Å². The fourth-order valence-electron chi connectivity index (χ4n) is 2.46. The largest absolute Gasteiger partial charge is 0.375 e. The van der Waals surface area contributed by atoms with Crippen molar-refractivity contribution in [3.05, 3.63) is 42.5 Å². The molecule has 2 aromatic heterocycles. The Balaban J connectivity index is 1.71. The molecule has 3 aromatic rings. The number of aryl methyl sites for hydroxylation is 1. The second kappa shape index (κ2) is 5.60. The van der Waals surface area contributed by atoms with Gasteiger partial charge in [-0.3, -0.25) is 4.68 Å². The second-order valence-corrected chi connectivity index (χ2v) is 5.77. The molecule has 0 aliphatic heterocycles. The Bertz CT molecular complexity index is 738. The van der Waals surface area contributed by atoms with E-state index in [0.29, 0.717) is 12.5 Å². The maximum absolute atomic E-state index is 4.66. The first kappa shape index (κ1) is 13.7. The molecule has 0 unspecified atom stereocenters. The van der Waals surface area contributed by atoms with Gasteiger partial charge in [0, 0.05) is 19.8 Å². The predicted molar refractivity (Wildman–Crippen MR) is 85.1 cm³/mol. The van der Waals surface area contributed by atoms with Gasteiger partial charge >= 0.3 is 0 Å². The molecule has 0 spiro atoms. The molecular formula is C16H21N5. The maximum atomic E-state index is 4.66. The van der Waals surface area contributed by atoms with Crippen LogP contribution in [0.2, 0.25) is 0 Å². The molecule has 1 N–H and O–H groups in total. The summed E-state index contributed by atoms with van der Waals surface area (Å²) in [5.74, 6) is 1.62. The standard InChI is InChI=1S/C16H21N5/c1-12(2)10-21-11-13(8-18-21)17-9-16-19-14-6-4-5-7-15(14)20(16)3/h4-8,11-12,17H,9-10H2,1-3H3. The SMILES string of the molecule is CC(C)Cn1cc(NCc2nc3ccccc3n2C)cn1. The fraction of sp³-hybridized carbons (Fsp3) is 0.375. The molecular weight excluding hydrogens is 262 g/mol. The lowest BCUT2D eigenvalue weighted by Gasteiger charge is -2.05. The molecule has 0 radical (unpaired) electrons. The van der Waals surface area contributed by atoms with Crippen LogP contribution in [0.15, 0.2) is 36.7 Å². The van der Waals surface area contributed by atoms with Gasteiger partial charge in [0.05, 0.1) is 29.5 Å². The van der Waals surface area contributed by atoms with Crippen molar-refractivity contribution in [3.63, 3.8) is 0 Å². The summed E-state index contributed by atoms with van der Waals surface area (Å²) in [5, 5.41) is 7.75. The van der Waals surface area contributed by atoms with E-state index in [0.717, 1.165) is 29.1 Å². The number of hydrogen-bond acceptors (Lipinski definition) is 3. The van der Waals surface area contributed by atoms with E-state index < -0.39 is 0 Å². The number of hydrogen-bond donors (Lipinski definition) is 1. The van der Waals surface area contributed by atoms with Gasteiger partial charge in [0.25, 0.3) is 0 Å². The van der Waals surface area contributed by atoms with Gasteiger partial charge < -0.3 is 9.88 Å². The van der Waals surface area contributed by atoms with Crippen molar-refractivity contribution < 1.29 is 0 Å². The minimum atomic E-state index is 0.595. The summed E-state index contributed by atoms with van der Waals surface area (Å²) in [6.07, 6.45) is 3.91. The molecule has 0 bridgehead atoms. The number of fused-ring (bicyclic) bond motifs is 1. The average molecular weight is 283 g/mol. The summed E-state index contributed by atoms with van der Waals surface area (Å²) in [5.41, 5.74) is 3.22. The van der Waals surface area contributed by atoms with E-state index in [-0.39, 0.29) is 0 Å². The smallest absolute Gasteiger partial charge is 0.128 e. The molecule has 1 aromatic carbocycles. The summed E-state index contributed by atoms with van der Waals surface area (Å²) < 4.78 is 4.10. The summed E-state index contributed by atoms with van der Waals surface area (Å²) in [6, 6.07) is 8.19. The molecule has 0 atom stereocenters. The van der Waals surface area contributed by atoms with Crippen molar-refractivity contribution in [2.24, 2.45) is 13.0 Å². The van der Waals surface area contributed by atoms with E-state index in [4.69, 9.17) is 0 Å². The van der Waals surface area contributed by atoms with Crippen LogP contribution in [0.1, 0.15) is 19.7 Å². The van der Waals surface area contributed by atoms with Crippen LogP contribution in [0.3, 0.4) is 0 Å². The van der Waals surface area contributed by atoms with Gasteiger partial charge in [-0.2, -0.15) is 5.10 Å². The third-order valence-electron chi connectivity index (χ3n) is 3.52. The zero-order chi connectivity index (χ0) is 14.8. The number of nitrogens with one attached hydrogen (secondary N) is 1. The summed E-state index contributed by atoms with van der Waals surface area (Å²) in [4.78, 5) is 4.66. The van der Waals surface area contributed by atoms with Crippen LogP contribution < -0.4 is 5.32 Å². The lowest BCUT2D eigenvalue weighted by molar-refractivity contribution is 0.483. The number of para-hydroxylation sites is 2. The molecule has 3 rings (SSSR count). The van der Waals surface area contributed by atoms with Crippen molar-refractivity contribution in [2.75, 3.05) is 5.32 Å². The molecule has 0 aliphatic rings. The van der Waals surface area contributed by atoms with E-state index >= 15 is 0 Å². The first-order chi connectivity index (χ1) is 10.1. The van der Waals surface area contributed by atoms with Gasteiger partial charge in [0.2, 0.25) is 0 Å². The Labute approximate surface area is 124 Å². The van der Waals surface area contributed by atoms with Crippen molar-refractivity contribution in [1.29, 1.82) is 0 Å². The van der Waals surface area contributed by atoms with Crippen LogP contribution in [0.5, 0.6) is 0 Å². The Morgan fingerprint density at radius 2 is 2.05 bits per heavy atom. The van der Waals surface area contributed by atoms with Gasteiger partial charge in [-0.1, -0.05) is 26.0 Å². The molecule has 0 saturated carbocycles. The lowest BCUT2D eigenvalue weighted by atomic mass is 10.2. The Hall–Kier alpha value is -2.30. The van der Waals surface area contributed by atoms with Gasteiger partial charge in [-0.25, -0.2) is 4.98 Å². The average Bonchev–Trinajstić information content (AvgIpc) is 3.02. The fourth-order valence-corrected chi connectivity index (χ4v) is 2.46. The molecule has 0 fully saturated rings. The number of rotatable bonds is 5.